The number of aryl methyl sites for hydroxylation is 1. The van der Waals surface area contributed by atoms with Crippen LogP contribution < -0.4 is 10.1 Å². The first-order valence-electron chi connectivity index (χ1n) is 7.87. The van der Waals surface area contributed by atoms with E-state index in [4.69, 9.17) is 0 Å². The van der Waals surface area contributed by atoms with Gasteiger partial charge in [0.25, 0.3) is 0 Å². The van der Waals surface area contributed by atoms with E-state index in [1.807, 2.05) is 31.2 Å². The Kier molecular flexibility index (Phi) is 4.71. The standard InChI is InChI=1S/C19H17F2N3O2/c1-12-6-8-13(9-7-12)16-17(25)18(23-11-22-16)24-14-4-3-5-15(10-14)26-19(2,20)21/h3-11,25H,1-2H3,(H,22,23,24). The number of nitrogens with one attached hydrogen (secondary N) is 1. The van der Waals surface area contributed by atoms with E-state index in [0.29, 0.717) is 18.3 Å². The fraction of sp³-hybridized carbons (Fsp3) is 0.158. The van der Waals surface area contributed by atoms with Crippen LogP contribution in [0.3, 0.4) is 0 Å². The maximum absolute atomic E-state index is 13.0. The molecule has 0 spiro atoms. The molecule has 7 heteroatoms. The number of aromatic hydroxyl groups is 1. The van der Waals surface area contributed by atoms with Gasteiger partial charge < -0.3 is 15.2 Å². The lowest BCUT2D eigenvalue weighted by Crippen LogP contribution is -2.19. The third-order valence-corrected chi connectivity index (χ3v) is 3.54. The highest BCUT2D eigenvalue weighted by molar-refractivity contribution is 5.74. The Bertz CT molecular complexity index is 909. The van der Waals surface area contributed by atoms with Crippen LogP contribution in [0.4, 0.5) is 20.3 Å². The van der Waals surface area contributed by atoms with Gasteiger partial charge in [0.1, 0.15) is 17.8 Å². The molecule has 0 atom stereocenters. The monoisotopic (exact) mass is 357 g/mol. The van der Waals surface area contributed by atoms with Gasteiger partial charge in [0.05, 0.1) is 0 Å². The van der Waals surface area contributed by atoms with Crippen LogP contribution in [0, 0.1) is 6.92 Å². The lowest BCUT2D eigenvalue weighted by atomic mass is 10.1. The van der Waals surface area contributed by atoms with Gasteiger partial charge in [0.2, 0.25) is 0 Å². The number of hydrogen-bond acceptors (Lipinski definition) is 5. The van der Waals surface area contributed by atoms with Crippen molar-refractivity contribution >= 4 is 11.5 Å². The topological polar surface area (TPSA) is 67.3 Å². The number of benzene rings is 2. The molecule has 0 aliphatic heterocycles. The van der Waals surface area contributed by atoms with Crippen LogP contribution in [0.2, 0.25) is 0 Å². The van der Waals surface area contributed by atoms with Crippen molar-refractivity contribution in [2.45, 2.75) is 20.0 Å². The van der Waals surface area contributed by atoms with Crippen molar-refractivity contribution in [1.29, 1.82) is 0 Å². The Morgan fingerprint density at radius 3 is 2.50 bits per heavy atom. The second kappa shape index (κ2) is 6.95. The summed E-state index contributed by atoms with van der Waals surface area (Å²) in [5, 5.41) is 13.4. The van der Waals surface area contributed by atoms with E-state index in [-0.39, 0.29) is 17.3 Å². The quantitative estimate of drug-likeness (QED) is 0.680. The smallest absolute Gasteiger partial charge is 0.394 e. The average Bonchev–Trinajstić information content (AvgIpc) is 2.57. The molecule has 1 aromatic heterocycles. The van der Waals surface area contributed by atoms with Crippen molar-refractivity contribution in [3.63, 3.8) is 0 Å². The molecule has 0 fully saturated rings. The van der Waals surface area contributed by atoms with Gasteiger partial charge in [-0.3, -0.25) is 0 Å². The molecule has 134 valence electrons. The predicted octanol–water partition coefficient (Wildman–Crippen LogP) is 4.89. The molecule has 2 aromatic carbocycles. The Hall–Kier alpha value is -3.22. The molecule has 3 rings (SSSR count). The molecule has 26 heavy (non-hydrogen) atoms. The fourth-order valence-corrected chi connectivity index (χ4v) is 2.37. The molecule has 3 aromatic rings. The largest absolute Gasteiger partial charge is 0.503 e. The Morgan fingerprint density at radius 2 is 1.81 bits per heavy atom. The first-order valence-corrected chi connectivity index (χ1v) is 7.87. The number of alkyl halides is 2. The summed E-state index contributed by atoms with van der Waals surface area (Å²) in [7, 11) is 0. The van der Waals surface area contributed by atoms with Gasteiger partial charge >= 0.3 is 6.11 Å². The molecule has 5 nitrogen and oxygen atoms in total. The Labute approximate surface area is 149 Å². The molecule has 2 N–H and O–H groups in total. The van der Waals surface area contributed by atoms with Crippen molar-refractivity contribution in [1.82, 2.24) is 9.97 Å². The number of aromatic nitrogens is 2. The molecule has 0 bridgehead atoms. The Morgan fingerprint density at radius 1 is 1.08 bits per heavy atom. The number of anilines is 2. The molecule has 0 aliphatic carbocycles. The van der Waals surface area contributed by atoms with Crippen LogP contribution in [0.1, 0.15) is 12.5 Å². The van der Waals surface area contributed by atoms with E-state index in [9.17, 15) is 13.9 Å². The van der Waals surface area contributed by atoms with E-state index in [1.54, 1.807) is 12.1 Å². The van der Waals surface area contributed by atoms with E-state index in [2.05, 4.69) is 20.0 Å². The highest BCUT2D eigenvalue weighted by atomic mass is 19.3. The van der Waals surface area contributed by atoms with E-state index >= 15 is 0 Å². The van der Waals surface area contributed by atoms with Crippen molar-refractivity contribution in [3.05, 3.63) is 60.4 Å². The van der Waals surface area contributed by atoms with Gasteiger partial charge in [-0.2, -0.15) is 8.78 Å². The number of halogens is 2. The average molecular weight is 357 g/mol. The van der Waals surface area contributed by atoms with Crippen molar-refractivity contribution in [3.8, 4) is 22.8 Å². The first-order chi connectivity index (χ1) is 12.3. The zero-order valence-corrected chi connectivity index (χ0v) is 14.2. The van der Waals surface area contributed by atoms with Crippen LogP contribution in [-0.4, -0.2) is 21.2 Å². The van der Waals surface area contributed by atoms with Crippen molar-refractivity contribution in [2.24, 2.45) is 0 Å². The van der Waals surface area contributed by atoms with Crippen LogP contribution in [0.5, 0.6) is 11.5 Å². The van der Waals surface area contributed by atoms with E-state index < -0.39 is 6.11 Å². The van der Waals surface area contributed by atoms with Crippen LogP contribution in [-0.2, 0) is 0 Å². The summed E-state index contributed by atoms with van der Waals surface area (Å²) in [5.74, 6) is 0.0225. The maximum Gasteiger partial charge on any atom is 0.394 e. The van der Waals surface area contributed by atoms with Crippen molar-refractivity contribution in [2.75, 3.05) is 5.32 Å². The maximum atomic E-state index is 13.0. The molecule has 0 aliphatic rings. The summed E-state index contributed by atoms with van der Waals surface area (Å²) >= 11 is 0. The normalized spacial score (nSPS) is 11.2. The van der Waals surface area contributed by atoms with Gasteiger partial charge in [-0.25, -0.2) is 9.97 Å². The summed E-state index contributed by atoms with van der Waals surface area (Å²) in [6, 6.07) is 13.5. The molecule has 0 amide bonds. The summed E-state index contributed by atoms with van der Waals surface area (Å²) in [4.78, 5) is 8.14. The lowest BCUT2D eigenvalue weighted by molar-refractivity contribution is -0.158. The number of ether oxygens (including phenoxy) is 1. The minimum atomic E-state index is -3.28. The van der Waals surface area contributed by atoms with Crippen LogP contribution in [0.15, 0.2) is 54.9 Å². The zero-order chi connectivity index (χ0) is 18.7. The number of hydrogen-bond donors (Lipinski definition) is 2. The summed E-state index contributed by atoms with van der Waals surface area (Å²) in [5.41, 5.74) is 2.64. The highest BCUT2D eigenvalue weighted by Crippen LogP contribution is 2.34. The second-order valence-corrected chi connectivity index (χ2v) is 5.85. The number of rotatable bonds is 5. The Balaban J connectivity index is 1.88. The molecular formula is C19H17F2N3O2. The fourth-order valence-electron chi connectivity index (χ4n) is 2.37. The first kappa shape index (κ1) is 17.6. The molecule has 0 saturated carbocycles. The number of nitrogens with zero attached hydrogens (tertiary/aromatic N) is 2. The summed E-state index contributed by atoms with van der Waals surface area (Å²) in [6.07, 6.45) is -1.97. The minimum Gasteiger partial charge on any atom is -0.503 e. The van der Waals surface area contributed by atoms with E-state index in [0.717, 1.165) is 11.1 Å². The predicted molar refractivity (Wildman–Crippen MR) is 94.8 cm³/mol. The lowest BCUT2D eigenvalue weighted by Gasteiger charge is -2.14. The van der Waals surface area contributed by atoms with Crippen LogP contribution >= 0.6 is 0 Å². The van der Waals surface area contributed by atoms with Gasteiger partial charge in [0, 0.05) is 24.2 Å². The van der Waals surface area contributed by atoms with Gasteiger partial charge in [-0.15, -0.1) is 0 Å². The summed E-state index contributed by atoms with van der Waals surface area (Å²) < 4.78 is 30.5. The summed E-state index contributed by atoms with van der Waals surface area (Å²) in [6.45, 7) is 2.63. The van der Waals surface area contributed by atoms with Gasteiger partial charge in [-0.05, 0) is 19.1 Å². The van der Waals surface area contributed by atoms with E-state index in [1.165, 1.54) is 18.5 Å². The van der Waals surface area contributed by atoms with Crippen molar-refractivity contribution < 1.29 is 18.6 Å². The second-order valence-electron chi connectivity index (χ2n) is 5.85. The molecule has 0 unspecified atom stereocenters. The third-order valence-electron chi connectivity index (χ3n) is 3.54. The third kappa shape index (κ3) is 4.24. The minimum absolute atomic E-state index is 0.00481. The van der Waals surface area contributed by atoms with Crippen LogP contribution in [0.25, 0.3) is 11.3 Å². The SMILES string of the molecule is Cc1ccc(-c2ncnc(Nc3cccc(OC(C)(F)F)c3)c2O)cc1. The van der Waals surface area contributed by atoms with Gasteiger partial charge in [0.15, 0.2) is 11.6 Å². The zero-order valence-electron chi connectivity index (χ0n) is 14.2. The molecular weight excluding hydrogens is 340 g/mol. The highest BCUT2D eigenvalue weighted by Gasteiger charge is 2.23. The molecule has 0 radical (unpaired) electrons. The molecule has 1 heterocycles. The molecule has 0 saturated heterocycles. The van der Waals surface area contributed by atoms with Gasteiger partial charge in [-0.1, -0.05) is 35.9 Å².